The molecule has 3 aromatic carbocycles. The molecule has 0 bridgehead atoms. The van der Waals surface area contributed by atoms with E-state index in [1.807, 2.05) is 157 Å². The van der Waals surface area contributed by atoms with Crippen molar-refractivity contribution in [2.75, 3.05) is 62.3 Å². The van der Waals surface area contributed by atoms with Gasteiger partial charge in [-0.2, -0.15) is 39.9 Å². The fourth-order valence-corrected chi connectivity index (χ4v) is 10.7. The first-order valence-electron chi connectivity index (χ1n) is 36.6. The van der Waals surface area contributed by atoms with E-state index in [4.69, 9.17) is 0 Å². The summed E-state index contributed by atoms with van der Waals surface area (Å²) in [4.78, 5) is 140. The average Bonchev–Trinajstić information content (AvgIpc) is 0.842. The van der Waals surface area contributed by atoms with Crippen molar-refractivity contribution in [3.8, 4) is 46.1 Å². The van der Waals surface area contributed by atoms with Gasteiger partial charge in [-0.3, -0.25) is 60.4 Å². The van der Waals surface area contributed by atoms with Gasteiger partial charge in [0.15, 0.2) is 23.3 Å². The lowest BCUT2D eigenvalue weighted by molar-refractivity contribution is 0.101. The maximum absolute atomic E-state index is 12.7. The highest BCUT2D eigenvalue weighted by atomic mass is 16.2. The molecule has 0 aliphatic heterocycles. The van der Waals surface area contributed by atoms with Crippen molar-refractivity contribution in [3.63, 3.8) is 0 Å². The zero-order valence-electron chi connectivity index (χ0n) is 64.8. The van der Waals surface area contributed by atoms with E-state index in [0.29, 0.717) is 103 Å². The van der Waals surface area contributed by atoms with Crippen molar-refractivity contribution < 1.29 is 19.2 Å². The minimum Gasteiger partial charge on any atom is -0.370 e. The van der Waals surface area contributed by atoms with E-state index in [-0.39, 0.29) is 47.4 Å². The molecule has 0 atom stereocenters. The molecule has 6 N–H and O–H groups in total. The topological polar surface area (TPSA) is 405 Å². The maximum Gasteiger partial charge on any atom is 0.259 e. The number of anilines is 10. The number of rotatable bonds is 22. The van der Waals surface area contributed by atoms with Crippen LogP contribution in [0.25, 0.3) is 46.1 Å². The van der Waals surface area contributed by atoms with Crippen LogP contribution in [0.4, 0.5) is 58.4 Å². The van der Waals surface area contributed by atoms with Crippen LogP contribution in [0.15, 0.2) is 262 Å². The number of hydrogen-bond donors (Lipinski definition) is 6. The molecule has 4 amide bonds. The van der Waals surface area contributed by atoms with Gasteiger partial charge >= 0.3 is 0 Å². The first-order valence-corrected chi connectivity index (χ1v) is 36.6. The van der Waals surface area contributed by atoms with Crippen molar-refractivity contribution in [1.82, 2.24) is 99.7 Å². The highest BCUT2D eigenvalue weighted by Gasteiger charge is 2.19. The smallest absolute Gasteiger partial charge is 0.259 e. The lowest BCUT2D eigenvalue weighted by atomic mass is 10.2. The summed E-state index contributed by atoms with van der Waals surface area (Å²) < 4.78 is 0. The SMILES string of the molecule is Cc1nc(NC(=O)c2ccc(N(C)Cc3ccccc3)nc2)nc(-c2ccccn2)n1.Cc1nc(NC(=O)c2ccc(N(C)c3ccccc3)nc2)nc(-c2ccccn2)n1.Cc1nc(NC(=O)c2ccc(NCC(C)C)nc2)nc(-c2ccccn2)n1.Cc1nc(NC(=O)c2ccc(Nc3ccccc3)nc2)nc(-c2ccccn2)n1. The minimum atomic E-state index is -0.360. The highest BCUT2D eigenvalue weighted by molar-refractivity contribution is 6.05. The Morgan fingerprint density at radius 1 is 0.333 bits per heavy atom. The van der Waals surface area contributed by atoms with E-state index < -0.39 is 0 Å². The minimum absolute atomic E-state index is 0.162. The third-order valence-corrected chi connectivity index (χ3v) is 16.4. The van der Waals surface area contributed by atoms with Gasteiger partial charge in [-0.25, -0.2) is 39.9 Å². The molecule has 32 heteroatoms. The van der Waals surface area contributed by atoms with Gasteiger partial charge in [-0.05, 0) is 161 Å². The number of aromatic nitrogens is 20. The molecule has 0 saturated carbocycles. The zero-order valence-corrected chi connectivity index (χ0v) is 64.8. The second kappa shape index (κ2) is 39.7. The fraction of sp³-hybridized carbons (Fsp3) is 0.129. The summed E-state index contributed by atoms with van der Waals surface area (Å²) in [6.45, 7) is 12.7. The van der Waals surface area contributed by atoms with Crippen LogP contribution in [0, 0.1) is 33.6 Å². The van der Waals surface area contributed by atoms with Crippen LogP contribution in [-0.2, 0) is 6.54 Å². The second-order valence-electron chi connectivity index (χ2n) is 26.0. The monoisotopic (exact) mass is 1550 g/mol. The Bertz CT molecular complexity index is 5770. The number of aryl methyl sites for hydroxylation is 4. The molecular weight excluding hydrogens is 1480 g/mol. The third kappa shape index (κ3) is 23.8. The Morgan fingerprint density at radius 3 is 1.00 bits per heavy atom. The molecule has 15 rings (SSSR count). The molecule has 12 heterocycles. The van der Waals surface area contributed by atoms with Crippen LogP contribution in [0.5, 0.6) is 0 Å². The van der Waals surface area contributed by atoms with Crippen molar-refractivity contribution in [2.45, 2.75) is 48.1 Å². The van der Waals surface area contributed by atoms with E-state index in [2.05, 4.69) is 158 Å². The molecule has 0 fully saturated rings. The summed E-state index contributed by atoms with van der Waals surface area (Å²) in [6, 6.07) is 65.4. The summed E-state index contributed by atoms with van der Waals surface area (Å²) >= 11 is 0. The molecule has 0 spiro atoms. The van der Waals surface area contributed by atoms with Crippen LogP contribution in [0.2, 0.25) is 0 Å². The predicted molar refractivity (Wildman–Crippen MR) is 446 cm³/mol. The Kier molecular flexibility index (Phi) is 27.3. The Morgan fingerprint density at radius 2 is 0.667 bits per heavy atom. The standard InChI is InChI=1S/C23H21N7O.C22H19N7O.C21H17N7O.C19H21N7O/c1-16-26-21(19-10-6-7-13-24-19)28-23(27-16)29-22(31)18-11-12-20(25-14-18)30(2)15-17-8-4-3-5-9-17;1-15-25-20(18-10-6-7-13-23-18)27-22(26-15)28-21(30)16-11-12-19(24-14-16)29(2)17-8-4-3-5-9-17;1-14-24-19(17-9-5-6-12-22-17)27-21(25-14)28-20(29)15-10-11-18(23-13-15)26-16-7-3-2-4-8-16;1-12(2)10-21-16-8-7-14(11-22-16)18(27)26-19-24-13(3)23-17(25-19)15-6-4-5-9-20-15/h3-14H,15H2,1-2H3,(H,26,27,28,29,31);3-14H,1-2H3,(H,25,26,27,28,30);2-13H,1H3,(H,23,26)(H,24,25,27,28,29);4-9,11-12H,10H2,1-3H3,(H,21,22)(H,23,24,25,26,27). The predicted octanol–water partition coefficient (Wildman–Crippen LogP) is 13.8. The van der Waals surface area contributed by atoms with Crippen LogP contribution >= 0.6 is 0 Å². The molecule has 582 valence electrons. The third-order valence-electron chi connectivity index (χ3n) is 16.4. The molecule has 0 saturated heterocycles. The number of carbonyl (C=O) groups excluding carboxylic acids is 4. The number of nitrogens with one attached hydrogen (secondary N) is 6. The van der Waals surface area contributed by atoms with Gasteiger partial charge in [-0.1, -0.05) is 105 Å². The van der Waals surface area contributed by atoms with Gasteiger partial charge in [-0.15, -0.1) is 0 Å². The lowest BCUT2D eigenvalue weighted by Crippen LogP contribution is -2.19. The molecule has 0 aliphatic carbocycles. The lowest BCUT2D eigenvalue weighted by Gasteiger charge is -2.18. The molecule has 32 nitrogen and oxygen atoms in total. The molecule has 117 heavy (non-hydrogen) atoms. The van der Waals surface area contributed by atoms with Gasteiger partial charge < -0.3 is 20.4 Å². The van der Waals surface area contributed by atoms with E-state index in [0.717, 1.165) is 41.9 Å². The molecule has 12 aromatic heterocycles. The zero-order chi connectivity index (χ0) is 81.8. The van der Waals surface area contributed by atoms with E-state index in [1.54, 1.807) is 125 Å². The first kappa shape index (κ1) is 80.5. The van der Waals surface area contributed by atoms with Crippen LogP contribution in [0.1, 0.15) is 84.1 Å². The van der Waals surface area contributed by atoms with Crippen molar-refractivity contribution in [1.29, 1.82) is 0 Å². The molecular formula is C85H78N28O4. The van der Waals surface area contributed by atoms with Crippen molar-refractivity contribution in [3.05, 3.63) is 313 Å². The number of carbonyl (C=O) groups is 4. The van der Waals surface area contributed by atoms with E-state index in [9.17, 15) is 19.2 Å². The molecule has 15 aromatic rings. The maximum atomic E-state index is 12.7. The average molecular weight is 1560 g/mol. The highest BCUT2D eigenvalue weighted by Crippen LogP contribution is 2.24. The number of para-hydroxylation sites is 2. The van der Waals surface area contributed by atoms with Crippen molar-refractivity contribution in [2.24, 2.45) is 5.92 Å². The van der Waals surface area contributed by atoms with Gasteiger partial charge in [0.2, 0.25) is 23.8 Å². The quantitative estimate of drug-likeness (QED) is 0.0367. The largest absolute Gasteiger partial charge is 0.370 e. The Labute approximate surface area is 673 Å². The van der Waals surface area contributed by atoms with Gasteiger partial charge in [0.1, 0.15) is 69.3 Å². The summed E-state index contributed by atoms with van der Waals surface area (Å²) in [5.74, 6) is 6.21. The number of benzene rings is 3. The summed E-state index contributed by atoms with van der Waals surface area (Å²) in [5.41, 5.74) is 7.15. The van der Waals surface area contributed by atoms with Crippen LogP contribution in [-0.4, -0.2) is 144 Å². The van der Waals surface area contributed by atoms with E-state index in [1.165, 1.54) is 24.2 Å². The molecule has 0 aliphatic rings. The summed E-state index contributed by atoms with van der Waals surface area (Å²) in [7, 11) is 3.88. The van der Waals surface area contributed by atoms with Crippen LogP contribution < -0.4 is 41.7 Å². The first-order chi connectivity index (χ1) is 56.9. The van der Waals surface area contributed by atoms with Crippen molar-refractivity contribution >= 4 is 82.1 Å². The Balaban J connectivity index is 0.000000144. The summed E-state index contributed by atoms with van der Waals surface area (Å²) in [5, 5.41) is 17.2. The second-order valence-corrected chi connectivity index (χ2v) is 26.0. The molecule has 0 unspecified atom stereocenters. The number of nitrogens with zero attached hydrogens (tertiary/aromatic N) is 22. The fourth-order valence-electron chi connectivity index (χ4n) is 10.7. The Hall–Kier alpha value is -16.0. The number of amides is 4. The van der Waals surface area contributed by atoms with Gasteiger partial charge in [0.05, 0.1) is 22.3 Å². The van der Waals surface area contributed by atoms with E-state index >= 15 is 0 Å². The number of hydrogen-bond acceptors (Lipinski definition) is 28. The summed E-state index contributed by atoms with van der Waals surface area (Å²) in [6.07, 6.45) is 12.7. The van der Waals surface area contributed by atoms with Crippen LogP contribution in [0.3, 0.4) is 0 Å². The normalized spacial score (nSPS) is 10.5. The van der Waals surface area contributed by atoms with Gasteiger partial charge in [0, 0.05) is 88.1 Å². The molecule has 0 radical (unpaired) electrons. The number of pyridine rings is 8. The van der Waals surface area contributed by atoms with Gasteiger partial charge in [0.25, 0.3) is 23.6 Å².